The maximum atomic E-state index is 12.2. The molecule has 2 rings (SSSR count). The average molecular weight is 411 g/mol. The van der Waals surface area contributed by atoms with Crippen molar-refractivity contribution in [2.24, 2.45) is 4.99 Å². The third kappa shape index (κ3) is 7.77. The van der Waals surface area contributed by atoms with E-state index in [2.05, 4.69) is 58.5 Å². The van der Waals surface area contributed by atoms with Gasteiger partial charge in [-0.2, -0.15) is 0 Å². The van der Waals surface area contributed by atoms with Gasteiger partial charge in [-0.3, -0.25) is 4.99 Å². The summed E-state index contributed by atoms with van der Waals surface area (Å²) in [5.74, 6) is 0.567. The molecule has 0 bridgehead atoms. The van der Waals surface area contributed by atoms with Gasteiger partial charge in [0.2, 0.25) is 10.0 Å². The molecule has 1 saturated heterocycles. The molecule has 2 atom stereocenters. The fourth-order valence-electron chi connectivity index (χ4n) is 3.09. The Bertz CT molecular complexity index is 713. The van der Waals surface area contributed by atoms with Crippen molar-refractivity contribution in [1.29, 1.82) is 0 Å². The fourth-order valence-corrected chi connectivity index (χ4v) is 4.04. The molecular formula is C20H34N4O3S. The monoisotopic (exact) mass is 410 g/mol. The zero-order valence-corrected chi connectivity index (χ0v) is 18.0. The van der Waals surface area contributed by atoms with E-state index in [1.165, 1.54) is 5.56 Å². The highest BCUT2D eigenvalue weighted by molar-refractivity contribution is 7.89. The standard InChI is InChI=1S/C20H34N4O3S/c1-4-17-8-10-18(11-9-17)16(2)24-20(21-3)22-12-14-28(25,26)23-15-19-7-5-6-13-27-19/h8-11,16,19,23H,4-7,12-15H2,1-3H3,(H2,21,22,24). The first-order chi connectivity index (χ1) is 13.4. The van der Waals surface area contributed by atoms with Crippen LogP contribution in [0.5, 0.6) is 0 Å². The number of hydrogen-bond acceptors (Lipinski definition) is 4. The Balaban J connectivity index is 1.74. The van der Waals surface area contributed by atoms with Crippen molar-refractivity contribution in [2.75, 3.05) is 32.5 Å². The van der Waals surface area contributed by atoms with Crippen molar-refractivity contribution in [3.8, 4) is 0 Å². The molecule has 7 nitrogen and oxygen atoms in total. The average Bonchev–Trinajstić information content (AvgIpc) is 2.72. The Morgan fingerprint density at radius 1 is 1.29 bits per heavy atom. The number of sulfonamides is 1. The summed E-state index contributed by atoms with van der Waals surface area (Å²) in [6.45, 7) is 5.53. The van der Waals surface area contributed by atoms with E-state index in [0.29, 0.717) is 12.5 Å². The van der Waals surface area contributed by atoms with Crippen molar-refractivity contribution in [2.45, 2.75) is 51.7 Å². The molecule has 3 N–H and O–H groups in total. The van der Waals surface area contributed by atoms with Gasteiger partial charge in [0.15, 0.2) is 5.96 Å². The lowest BCUT2D eigenvalue weighted by molar-refractivity contribution is 0.0200. The van der Waals surface area contributed by atoms with Crippen LogP contribution in [0.2, 0.25) is 0 Å². The van der Waals surface area contributed by atoms with Gasteiger partial charge in [-0.05, 0) is 43.7 Å². The Morgan fingerprint density at radius 3 is 2.64 bits per heavy atom. The predicted molar refractivity (Wildman–Crippen MR) is 114 cm³/mol. The number of ether oxygens (including phenoxy) is 1. The summed E-state index contributed by atoms with van der Waals surface area (Å²) in [7, 11) is -1.67. The second-order valence-corrected chi connectivity index (χ2v) is 9.04. The summed E-state index contributed by atoms with van der Waals surface area (Å²) < 4.78 is 32.6. The highest BCUT2D eigenvalue weighted by atomic mass is 32.2. The smallest absolute Gasteiger partial charge is 0.213 e. The second kappa shape index (κ2) is 11.4. The van der Waals surface area contributed by atoms with E-state index >= 15 is 0 Å². The van der Waals surface area contributed by atoms with Gasteiger partial charge in [-0.1, -0.05) is 31.2 Å². The third-order valence-electron chi connectivity index (χ3n) is 4.93. The maximum absolute atomic E-state index is 12.2. The van der Waals surface area contributed by atoms with E-state index in [9.17, 15) is 8.42 Å². The molecule has 1 fully saturated rings. The van der Waals surface area contributed by atoms with Crippen LogP contribution in [0, 0.1) is 0 Å². The van der Waals surface area contributed by atoms with E-state index < -0.39 is 10.0 Å². The quantitative estimate of drug-likeness (QED) is 0.428. The first-order valence-electron chi connectivity index (χ1n) is 10.1. The second-order valence-electron chi connectivity index (χ2n) is 7.12. The van der Waals surface area contributed by atoms with Gasteiger partial charge in [0.1, 0.15) is 0 Å². The van der Waals surface area contributed by atoms with Crippen molar-refractivity contribution < 1.29 is 13.2 Å². The molecule has 1 aromatic rings. The SMILES string of the molecule is CCc1ccc(C(C)NC(=NC)NCCS(=O)(=O)NCC2CCCCO2)cc1. The van der Waals surface area contributed by atoms with Crippen LogP contribution in [-0.2, 0) is 21.2 Å². The van der Waals surface area contributed by atoms with Crippen molar-refractivity contribution in [1.82, 2.24) is 15.4 Å². The van der Waals surface area contributed by atoms with Crippen molar-refractivity contribution in [3.63, 3.8) is 0 Å². The Hall–Kier alpha value is -1.64. The number of nitrogens with one attached hydrogen (secondary N) is 3. The number of guanidine groups is 1. The molecule has 8 heteroatoms. The minimum Gasteiger partial charge on any atom is -0.377 e. The normalized spacial score (nSPS) is 19.2. The zero-order valence-electron chi connectivity index (χ0n) is 17.2. The number of nitrogens with zero attached hydrogens (tertiary/aromatic N) is 1. The molecular weight excluding hydrogens is 376 g/mol. The van der Waals surface area contributed by atoms with Crippen LogP contribution < -0.4 is 15.4 Å². The molecule has 1 aliphatic heterocycles. The molecule has 1 aromatic carbocycles. The summed E-state index contributed by atoms with van der Waals surface area (Å²) in [4.78, 5) is 4.19. The first kappa shape index (κ1) is 22.6. The molecule has 0 aromatic heterocycles. The summed E-state index contributed by atoms with van der Waals surface area (Å²) >= 11 is 0. The van der Waals surface area contributed by atoms with Crippen LogP contribution >= 0.6 is 0 Å². The van der Waals surface area contributed by atoms with Crippen LogP contribution in [0.15, 0.2) is 29.3 Å². The number of rotatable bonds is 9. The number of benzene rings is 1. The molecule has 2 unspecified atom stereocenters. The van der Waals surface area contributed by atoms with Crippen LogP contribution in [-0.4, -0.2) is 53.0 Å². The van der Waals surface area contributed by atoms with Crippen LogP contribution in [0.25, 0.3) is 0 Å². The van der Waals surface area contributed by atoms with Crippen molar-refractivity contribution in [3.05, 3.63) is 35.4 Å². The number of aryl methyl sites for hydroxylation is 1. The molecule has 1 aliphatic rings. The Kier molecular flexibility index (Phi) is 9.21. The van der Waals surface area contributed by atoms with Gasteiger partial charge in [0.05, 0.1) is 17.9 Å². The Labute approximate surface area is 169 Å². The molecule has 158 valence electrons. The summed E-state index contributed by atoms with van der Waals surface area (Å²) in [6, 6.07) is 8.52. The topological polar surface area (TPSA) is 91.8 Å². The summed E-state index contributed by atoms with van der Waals surface area (Å²) in [5, 5.41) is 6.37. The largest absolute Gasteiger partial charge is 0.377 e. The summed E-state index contributed by atoms with van der Waals surface area (Å²) in [6.07, 6.45) is 4.07. The summed E-state index contributed by atoms with van der Waals surface area (Å²) in [5.41, 5.74) is 2.46. The minimum atomic E-state index is -3.35. The lowest BCUT2D eigenvalue weighted by Gasteiger charge is -2.22. The molecule has 28 heavy (non-hydrogen) atoms. The van der Waals surface area contributed by atoms with Gasteiger partial charge >= 0.3 is 0 Å². The maximum Gasteiger partial charge on any atom is 0.213 e. The van der Waals surface area contributed by atoms with Gasteiger partial charge < -0.3 is 15.4 Å². The molecule has 0 aliphatic carbocycles. The lowest BCUT2D eigenvalue weighted by atomic mass is 10.1. The third-order valence-corrected chi connectivity index (χ3v) is 6.28. The minimum absolute atomic E-state index is 0.00846. The molecule has 0 spiro atoms. The van der Waals surface area contributed by atoms with E-state index in [0.717, 1.165) is 37.9 Å². The molecule has 0 amide bonds. The van der Waals surface area contributed by atoms with E-state index in [4.69, 9.17) is 4.74 Å². The molecule has 0 radical (unpaired) electrons. The van der Waals surface area contributed by atoms with Gasteiger partial charge in [0.25, 0.3) is 0 Å². The van der Waals surface area contributed by atoms with E-state index in [-0.39, 0.29) is 24.4 Å². The highest BCUT2D eigenvalue weighted by Gasteiger charge is 2.17. The molecule has 1 heterocycles. The zero-order chi connectivity index (χ0) is 20.4. The van der Waals surface area contributed by atoms with Gasteiger partial charge in [-0.15, -0.1) is 0 Å². The van der Waals surface area contributed by atoms with E-state index in [1.54, 1.807) is 7.05 Å². The van der Waals surface area contributed by atoms with Gasteiger partial charge in [-0.25, -0.2) is 13.1 Å². The molecule has 0 saturated carbocycles. The van der Waals surface area contributed by atoms with Gasteiger partial charge in [0, 0.05) is 26.7 Å². The number of hydrogen-bond donors (Lipinski definition) is 3. The first-order valence-corrected chi connectivity index (χ1v) is 11.7. The fraction of sp³-hybridized carbons (Fsp3) is 0.650. The lowest BCUT2D eigenvalue weighted by Crippen LogP contribution is -2.43. The predicted octanol–water partition coefficient (Wildman–Crippen LogP) is 1.96. The van der Waals surface area contributed by atoms with E-state index in [1.807, 2.05) is 0 Å². The van der Waals surface area contributed by atoms with Crippen LogP contribution in [0.4, 0.5) is 0 Å². The van der Waals surface area contributed by atoms with Crippen LogP contribution in [0.1, 0.15) is 50.3 Å². The highest BCUT2D eigenvalue weighted by Crippen LogP contribution is 2.14. The number of aliphatic imine (C=N–C) groups is 1. The Morgan fingerprint density at radius 2 is 2.04 bits per heavy atom. The van der Waals surface area contributed by atoms with Crippen LogP contribution in [0.3, 0.4) is 0 Å². The van der Waals surface area contributed by atoms with Crippen molar-refractivity contribution >= 4 is 16.0 Å².